The van der Waals surface area contributed by atoms with Gasteiger partial charge in [-0.05, 0) is 49.7 Å². The fraction of sp³-hybridized carbons (Fsp3) is 0.316. The number of amides is 1. The van der Waals surface area contributed by atoms with E-state index < -0.39 is 10.0 Å². The molecule has 0 aliphatic heterocycles. The molecule has 26 heavy (non-hydrogen) atoms. The molecule has 0 aliphatic carbocycles. The maximum absolute atomic E-state index is 12.8. The second-order valence-electron chi connectivity index (χ2n) is 5.84. The summed E-state index contributed by atoms with van der Waals surface area (Å²) in [6, 6.07) is 12.5. The topological polar surface area (TPSA) is 66.5 Å². The van der Waals surface area contributed by atoms with Gasteiger partial charge in [0.2, 0.25) is 0 Å². The third-order valence-electron chi connectivity index (χ3n) is 3.98. The van der Waals surface area contributed by atoms with E-state index in [1.54, 1.807) is 29.2 Å². The van der Waals surface area contributed by atoms with Gasteiger partial charge in [0.15, 0.2) is 0 Å². The lowest BCUT2D eigenvalue weighted by atomic mass is 10.1. The predicted octanol–water partition coefficient (Wildman–Crippen LogP) is 4.40. The zero-order valence-electron chi connectivity index (χ0n) is 14.9. The molecule has 0 radical (unpaired) electrons. The number of benzene rings is 2. The van der Waals surface area contributed by atoms with Crippen molar-refractivity contribution >= 4 is 33.2 Å². The minimum Gasteiger partial charge on any atom is -0.339 e. The van der Waals surface area contributed by atoms with Crippen LogP contribution in [0.15, 0.2) is 53.4 Å². The molecular weight excluding hydrogens is 372 g/mol. The Kier molecular flexibility index (Phi) is 7.06. The van der Waals surface area contributed by atoms with Crippen LogP contribution in [-0.2, 0) is 10.0 Å². The van der Waals surface area contributed by atoms with Crippen molar-refractivity contribution in [2.75, 3.05) is 17.8 Å². The number of unbranched alkanes of at least 4 members (excludes halogenated alkanes) is 1. The largest absolute Gasteiger partial charge is 0.339 e. The third-order valence-corrected chi connectivity index (χ3v) is 5.61. The summed E-state index contributed by atoms with van der Waals surface area (Å²) >= 11 is 5.82. The second kappa shape index (κ2) is 9.05. The molecular formula is C19H23ClN2O3S. The number of hydrogen-bond acceptors (Lipinski definition) is 3. The number of carbonyl (C=O) groups excluding carboxylic acids is 1. The summed E-state index contributed by atoms with van der Waals surface area (Å²) in [4.78, 5) is 14.7. The van der Waals surface area contributed by atoms with Crippen molar-refractivity contribution in [2.45, 2.75) is 31.6 Å². The van der Waals surface area contributed by atoms with Crippen molar-refractivity contribution in [3.05, 3.63) is 59.1 Å². The number of carbonyl (C=O) groups is 1. The summed E-state index contributed by atoms with van der Waals surface area (Å²) in [7, 11) is -3.81. The number of hydrogen-bond donors (Lipinski definition) is 1. The van der Waals surface area contributed by atoms with Crippen molar-refractivity contribution in [3.8, 4) is 0 Å². The van der Waals surface area contributed by atoms with Gasteiger partial charge in [0.05, 0.1) is 16.1 Å². The van der Waals surface area contributed by atoms with E-state index in [0.717, 1.165) is 12.8 Å². The van der Waals surface area contributed by atoms with E-state index in [2.05, 4.69) is 11.6 Å². The summed E-state index contributed by atoms with van der Waals surface area (Å²) in [5.41, 5.74) is 0.602. The first-order chi connectivity index (χ1) is 12.4. The summed E-state index contributed by atoms with van der Waals surface area (Å²) in [6.07, 6.45) is 1.88. The lowest BCUT2D eigenvalue weighted by molar-refractivity contribution is 0.0763. The fourth-order valence-corrected chi connectivity index (χ4v) is 3.70. The number of halogens is 1. The normalized spacial score (nSPS) is 11.2. The highest BCUT2D eigenvalue weighted by atomic mass is 35.5. The Balaban J connectivity index is 2.31. The van der Waals surface area contributed by atoms with Crippen LogP contribution >= 0.6 is 11.6 Å². The minimum atomic E-state index is -3.81. The monoisotopic (exact) mass is 394 g/mol. The smallest absolute Gasteiger partial charge is 0.261 e. The van der Waals surface area contributed by atoms with E-state index in [4.69, 9.17) is 11.6 Å². The first-order valence-corrected chi connectivity index (χ1v) is 10.4. The number of nitrogens with zero attached hydrogens (tertiary/aromatic N) is 1. The molecule has 0 bridgehead atoms. The Bertz CT molecular complexity index is 851. The molecule has 0 saturated heterocycles. The van der Waals surface area contributed by atoms with Crippen LogP contribution < -0.4 is 4.72 Å². The Morgan fingerprint density at radius 1 is 1.08 bits per heavy atom. The van der Waals surface area contributed by atoms with Gasteiger partial charge in [-0.1, -0.05) is 37.1 Å². The van der Waals surface area contributed by atoms with Crippen LogP contribution in [0.2, 0.25) is 5.02 Å². The van der Waals surface area contributed by atoms with Gasteiger partial charge < -0.3 is 4.90 Å². The number of nitrogens with one attached hydrogen (secondary N) is 1. The summed E-state index contributed by atoms with van der Waals surface area (Å²) in [6.45, 7) is 5.18. The third kappa shape index (κ3) is 4.99. The molecule has 0 aliphatic rings. The van der Waals surface area contributed by atoms with Gasteiger partial charge in [-0.15, -0.1) is 0 Å². The fourth-order valence-electron chi connectivity index (χ4n) is 2.50. The van der Waals surface area contributed by atoms with E-state index in [0.29, 0.717) is 23.7 Å². The Hall–Kier alpha value is -2.05. The predicted molar refractivity (Wildman–Crippen MR) is 105 cm³/mol. The highest BCUT2D eigenvalue weighted by molar-refractivity contribution is 7.92. The first kappa shape index (κ1) is 20.3. The average molecular weight is 395 g/mol. The maximum atomic E-state index is 12.8. The van der Waals surface area contributed by atoms with Crippen molar-refractivity contribution in [3.63, 3.8) is 0 Å². The second-order valence-corrected chi connectivity index (χ2v) is 7.96. The Morgan fingerprint density at radius 2 is 1.73 bits per heavy atom. The first-order valence-electron chi connectivity index (χ1n) is 8.55. The molecule has 140 valence electrons. The molecule has 0 fully saturated rings. The molecule has 0 saturated carbocycles. The molecule has 2 rings (SSSR count). The lowest BCUT2D eigenvalue weighted by Crippen LogP contribution is -2.32. The highest BCUT2D eigenvalue weighted by Crippen LogP contribution is 2.22. The number of para-hydroxylation sites is 1. The van der Waals surface area contributed by atoms with Gasteiger partial charge in [-0.3, -0.25) is 9.52 Å². The van der Waals surface area contributed by atoms with E-state index in [1.165, 1.54) is 24.3 Å². The minimum absolute atomic E-state index is 0.0856. The maximum Gasteiger partial charge on any atom is 0.261 e. The molecule has 0 heterocycles. The van der Waals surface area contributed by atoms with E-state index in [1.807, 2.05) is 6.92 Å². The highest BCUT2D eigenvalue weighted by Gasteiger charge is 2.21. The lowest BCUT2D eigenvalue weighted by Gasteiger charge is -2.22. The molecule has 0 unspecified atom stereocenters. The molecule has 2 aromatic rings. The van der Waals surface area contributed by atoms with Crippen LogP contribution in [0.5, 0.6) is 0 Å². The van der Waals surface area contributed by atoms with Gasteiger partial charge in [0, 0.05) is 18.1 Å². The van der Waals surface area contributed by atoms with Crippen LogP contribution in [0.4, 0.5) is 5.69 Å². The van der Waals surface area contributed by atoms with E-state index in [-0.39, 0.29) is 16.5 Å². The Morgan fingerprint density at radius 3 is 2.35 bits per heavy atom. The standard InChI is InChI=1S/C19H23ClN2O3S/c1-3-5-14-22(4-2)19(23)17-8-6-7-9-18(17)21-26(24,25)16-12-10-15(20)11-13-16/h6-13,21H,3-5,14H2,1-2H3. The average Bonchev–Trinajstić information content (AvgIpc) is 2.62. The van der Waals surface area contributed by atoms with Crippen molar-refractivity contribution < 1.29 is 13.2 Å². The van der Waals surface area contributed by atoms with Crippen molar-refractivity contribution in [2.24, 2.45) is 0 Å². The van der Waals surface area contributed by atoms with Gasteiger partial charge in [0.25, 0.3) is 15.9 Å². The van der Waals surface area contributed by atoms with Gasteiger partial charge >= 0.3 is 0 Å². The number of sulfonamides is 1. The van der Waals surface area contributed by atoms with Crippen LogP contribution in [-0.4, -0.2) is 32.3 Å². The zero-order valence-corrected chi connectivity index (χ0v) is 16.5. The van der Waals surface area contributed by atoms with E-state index >= 15 is 0 Å². The molecule has 7 heteroatoms. The zero-order chi connectivity index (χ0) is 19.2. The molecule has 0 atom stereocenters. The van der Waals surface area contributed by atoms with Gasteiger partial charge in [0.1, 0.15) is 0 Å². The number of anilines is 1. The van der Waals surface area contributed by atoms with E-state index in [9.17, 15) is 13.2 Å². The van der Waals surface area contributed by atoms with Crippen LogP contribution in [0.25, 0.3) is 0 Å². The molecule has 0 aromatic heterocycles. The number of rotatable bonds is 8. The Labute approximate surface area is 160 Å². The molecule has 5 nitrogen and oxygen atoms in total. The van der Waals surface area contributed by atoms with Gasteiger partial charge in [-0.25, -0.2) is 8.42 Å². The van der Waals surface area contributed by atoms with Crippen molar-refractivity contribution in [1.29, 1.82) is 0 Å². The molecule has 0 spiro atoms. The molecule has 1 amide bonds. The molecule has 1 N–H and O–H groups in total. The van der Waals surface area contributed by atoms with Crippen LogP contribution in [0.3, 0.4) is 0 Å². The van der Waals surface area contributed by atoms with Crippen molar-refractivity contribution in [1.82, 2.24) is 4.90 Å². The molecule has 2 aromatic carbocycles. The summed E-state index contributed by atoms with van der Waals surface area (Å²) in [5.74, 6) is -0.185. The summed E-state index contributed by atoms with van der Waals surface area (Å²) < 4.78 is 27.8. The quantitative estimate of drug-likeness (QED) is 0.721. The van der Waals surface area contributed by atoms with Gasteiger partial charge in [-0.2, -0.15) is 0 Å². The van der Waals surface area contributed by atoms with Crippen LogP contribution in [0, 0.1) is 0 Å². The SMILES string of the molecule is CCCCN(CC)C(=O)c1ccccc1NS(=O)(=O)c1ccc(Cl)cc1. The van der Waals surface area contributed by atoms with Crippen LogP contribution in [0.1, 0.15) is 37.0 Å². The summed E-state index contributed by atoms with van der Waals surface area (Å²) in [5, 5.41) is 0.453.